The van der Waals surface area contributed by atoms with Gasteiger partial charge in [0.05, 0.1) is 6.10 Å². The number of phosphoric acid groups is 1. The molecule has 0 saturated carbocycles. The van der Waals surface area contributed by atoms with E-state index in [4.69, 9.17) is 18.5 Å². The topological polar surface area (TPSA) is 277 Å². The van der Waals surface area contributed by atoms with Crippen molar-refractivity contribution >= 4 is 15.4 Å². The molecule has 0 bridgehead atoms. The van der Waals surface area contributed by atoms with Gasteiger partial charge < -0.3 is 49.3 Å². The molecule has 0 aliphatic carbocycles. The highest BCUT2D eigenvalue weighted by Gasteiger charge is 2.69. The molecule has 0 amide bonds. The molecule has 0 aromatic carbocycles. The number of aliphatic hydroxyl groups is 5. The summed E-state index contributed by atoms with van der Waals surface area (Å²) in [5.74, 6) is 0. The first-order chi connectivity index (χ1) is 16.1. The monoisotopic (exact) mass is 550 g/mol. The maximum atomic E-state index is 13.7. The molecule has 2 saturated heterocycles. The van der Waals surface area contributed by atoms with E-state index in [-0.39, 0.29) is 0 Å². The summed E-state index contributed by atoms with van der Waals surface area (Å²) in [6.07, 6.45) is -15.3. The Morgan fingerprint density at radius 3 is 2.23 bits per heavy atom. The highest BCUT2D eigenvalue weighted by atomic mass is 31.2. The molecular weight excluding hydrogens is 526 g/mol. The Balaban J connectivity index is 2.02. The van der Waals surface area contributed by atoms with E-state index >= 15 is 0 Å². The molecule has 35 heavy (non-hydrogen) atoms. The Bertz CT molecular complexity index is 1130. The van der Waals surface area contributed by atoms with Gasteiger partial charge in [-0.15, -0.1) is 0 Å². The Morgan fingerprint density at radius 2 is 1.69 bits per heavy atom. The number of nitrogens with zero attached hydrogens (tertiary/aromatic N) is 1. The van der Waals surface area contributed by atoms with Crippen molar-refractivity contribution in [3.8, 4) is 0 Å². The van der Waals surface area contributed by atoms with E-state index in [0.717, 1.165) is 19.2 Å². The van der Waals surface area contributed by atoms with Crippen LogP contribution in [-0.4, -0.2) is 100 Å². The fourth-order valence-corrected chi connectivity index (χ4v) is 6.48. The van der Waals surface area contributed by atoms with Gasteiger partial charge in [-0.1, -0.05) is 0 Å². The van der Waals surface area contributed by atoms with Crippen LogP contribution in [0, 0.1) is 0 Å². The molecule has 0 spiro atoms. The fourth-order valence-electron chi connectivity index (χ4n) is 3.56. The molecule has 2 fully saturated rings. The average molecular weight is 550 g/mol. The number of phosphoric ester groups is 1. The average Bonchev–Trinajstić information content (AvgIpc) is 3.03. The minimum Gasteiger partial charge on any atom is -0.388 e. The van der Waals surface area contributed by atoms with Gasteiger partial charge in [0.1, 0.15) is 30.5 Å². The van der Waals surface area contributed by atoms with Gasteiger partial charge in [0, 0.05) is 19.4 Å². The number of H-pyrrole nitrogens is 1. The maximum Gasteiger partial charge on any atom is 0.472 e. The van der Waals surface area contributed by atoms with Crippen LogP contribution in [-0.2, 0) is 32.2 Å². The molecule has 3 rings (SSSR count). The van der Waals surface area contributed by atoms with Crippen molar-refractivity contribution in [2.24, 2.45) is 0 Å². The van der Waals surface area contributed by atoms with E-state index in [9.17, 15) is 54.0 Å². The van der Waals surface area contributed by atoms with Crippen molar-refractivity contribution in [3.63, 3.8) is 0 Å². The molecule has 8 N–H and O–H groups in total. The van der Waals surface area contributed by atoms with Gasteiger partial charge in [0.15, 0.2) is 12.5 Å². The second-order valence-corrected chi connectivity index (χ2v) is 11.0. The van der Waals surface area contributed by atoms with Crippen LogP contribution in [0.4, 0.5) is 0 Å². The van der Waals surface area contributed by atoms with Crippen molar-refractivity contribution in [2.45, 2.75) is 61.6 Å². The molecule has 3 heterocycles. The summed E-state index contributed by atoms with van der Waals surface area (Å²) >= 11 is 0. The van der Waals surface area contributed by atoms with Crippen molar-refractivity contribution in [1.82, 2.24) is 9.55 Å². The summed E-state index contributed by atoms with van der Waals surface area (Å²) in [6.45, 7) is 1.07. The van der Waals surface area contributed by atoms with E-state index in [1.807, 2.05) is 4.98 Å². The van der Waals surface area contributed by atoms with Crippen molar-refractivity contribution in [1.29, 1.82) is 0 Å². The van der Waals surface area contributed by atoms with Crippen LogP contribution >= 0.6 is 15.4 Å². The zero-order valence-electron chi connectivity index (χ0n) is 17.9. The third-order valence-corrected chi connectivity index (χ3v) is 8.16. The molecule has 18 nitrogen and oxygen atoms in total. The Hall–Kier alpha value is -1.34. The summed E-state index contributed by atoms with van der Waals surface area (Å²) in [5, 5.41) is 51.3. The van der Waals surface area contributed by atoms with Gasteiger partial charge >= 0.3 is 26.6 Å². The summed E-state index contributed by atoms with van der Waals surface area (Å²) < 4.78 is 50.7. The first-order valence-electron chi connectivity index (χ1n) is 9.72. The Morgan fingerprint density at radius 1 is 1.06 bits per heavy atom. The Kier molecular flexibility index (Phi) is 7.94. The third kappa shape index (κ3) is 5.09. The van der Waals surface area contributed by atoms with Gasteiger partial charge in [-0.2, -0.15) is 0 Å². The van der Waals surface area contributed by atoms with E-state index in [0.29, 0.717) is 11.7 Å². The maximum absolute atomic E-state index is 13.7. The second kappa shape index (κ2) is 9.85. The summed E-state index contributed by atoms with van der Waals surface area (Å²) in [5.41, 5.74) is -5.33. The van der Waals surface area contributed by atoms with Crippen molar-refractivity contribution in [2.75, 3.05) is 7.11 Å². The van der Waals surface area contributed by atoms with E-state index in [1.165, 1.54) is 0 Å². The summed E-state index contributed by atoms with van der Waals surface area (Å²) in [7, 11) is -10.4. The number of aliphatic hydroxyl groups excluding tert-OH is 5. The molecule has 1 aromatic heterocycles. The first-order valence-corrected chi connectivity index (χ1v) is 12.8. The molecule has 0 radical (unpaired) electrons. The number of aromatic nitrogens is 2. The molecule has 1 aromatic rings. The lowest BCUT2D eigenvalue weighted by Crippen LogP contribution is -2.64. The summed E-state index contributed by atoms with van der Waals surface area (Å²) in [6, 6.07) is 0.890. The van der Waals surface area contributed by atoms with Crippen LogP contribution in [0.1, 0.15) is 13.2 Å². The van der Waals surface area contributed by atoms with Crippen LogP contribution in [0.5, 0.6) is 0 Å². The van der Waals surface area contributed by atoms with Crippen molar-refractivity contribution in [3.05, 3.63) is 33.1 Å². The van der Waals surface area contributed by atoms with Crippen LogP contribution in [0.15, 0.2) is 21.9 Å². The lowest BCUT2D eigenvalue weighted by Gasteiger charge is -2.48. The minimum atomic E-state index is -5.70. The van der Waals surface area contributed by atoms with Crippen LogP contribution in [0.25, 0.3) is 0 Å². The highest BCUT2D eigenvalue weighted by molar-refractivity contribution is 7.56. The predicted molar refractivity (Wildman–Crippen MR) is 107 cm³/mol. The smallest absolute Gasteiger partial charge is 0.388 e. The SMILES string of the molecule is COP(=O)(O[C@H]1O[C@@H](n2ccc(=O)[nH]c2=O)[C@H](O)[C@@H]1O)[C@@]1(OP(=O)(O)O)O[C@@H](C)[C@H](O)[C@@H](O)[C@H]1O. The molecule has 2 aliphatic rings. The molecule has 20 heteroatoms. The zero-order chi connectivity index (χ0) is 26.5. The van der Waals surface area contributed by atoms with Gasteiger partial charge in [-0.3, -0.25) is 23.4 Å². The standard InChI is InChI=1S/C15H24N2O16P2/c1-5-7(19)8(20)11(23)15(31-5,33-35(26,27)28)34(25,29-2)32-13-10(22)9(21)12(30-13)17-4-3-6(18)16-14(17)24/h3-5,7-13,19-23H,1-2H3,(H,16,18,24)(H2,26,27,28)/t5-,7-,8+,9+,10-,11+,12+,13+,15+,34?/m0/s1. The van der Waals surface area contributed by atoms with E-state index in [1.54, 1.807) is 0 Å². The largest absolute Gasteiger partial charge is 0.472 e. The Labute approximate surface area is 195 Å². The molecule has 200 valence electrons. The number of rotatable bonds is 7. The minimum absolute atomic E-state index is 0.645. The third-order valence-electron chi connectivity index (χ3n) is 5.32. The molecule has 10 atom stereocenters. The van der Waals surface area contributed by atoms with Crippen LogP contribution in [0.3, 0.4) is 0 Å². The van der Waals surface area contributed by atoms with E-state index < -0.39 is 81.3 Å². The van der Waals surface area contributed by atoms with Gasteiger partial charge in [0.25, 0.3) is 5.56 Å². The van der Waals surface area contributed by atoms with Gasteiger partial charge in [-0.05, 0) is 6.92 Å². The lowest BCUT2D eigenvalue weighted by molar-refractivity contribution is -0.304. The van der Waals surface area contributed by atoms with Crippen LogP contribution in [0.2, 0.25) is 0 Å². The number of hydrogen-bond donors (Lipinski definition) is 8. The molecule has 2 aliphatic heterocycles. The molecular formula is C15H24N2O16P2. The first kappa shape index (κ1) is 28.2. The predicted octanol–water partition coefficient (Wildman–Crippen LogP) is -3.77. The number of nitrogens with one attached hydrogen (secondary N) is 1. The quantitative estimate of drug-likeness (QED) is 0.151. The van der Waals surface area contributed by atoms with Crippen molar-refractivity contribution < 1.29 is 67.5 Å². The second-order valence-electron chi connectivity index (χ2n) is 7.64. The normalized spacial score (nSPS) is 39.9. The number of ether oxygens (including phenoxy) is 2. The summed E-state index contributed by atoms with van der Waals surface area (Å²) in [4.78, 5) is 43.9. The van der Waals surface area contributed by atoms with Gasteiger partial charge in [-0.25, -0.2) is 13.9 Å². The fraction of sp³-hybridized carbons (Fsp3) is 0.733. The molecule has 1 unspecified atom stereocenters. The van der Waals surface area contributed by atoms with Gasteiger partial charge in [0.2, 0.25) is 0 Å². The van der Waals surface area contributed by atoms with Crippen LogP contribution < -0.4 is 11.2 Å². The highest BCUT2D eigenvalue weighted by Crippen LogP contribution is 2.69. The lowest BCUT2D eigenvalue weighted by atomic mass is 10.00. The zero-order valence-corrected chi connectivity index (χ0v) is 19.7. The van der Waals surface area contributed by atoms with E-state index in [2.05, 4.69) is 4.52 Å². The number of aromatic amines is 1. The number of hydrogen-bond acceptors (Lipinski definition) is 14.